The third-order valence-electron chi connectivity index (χ3n) is 3.80. The molecule has 1 saturated carbocycles. The molecule has 21 heavy (non-hydrogen) atoms. The molecule has 1 aliphatic carbocycles. The summed E-state index contributed by atoms with van der Waals surface area (Å²) in [5.41, 5.74) is -0.722. The van der Waals surface area contributed by atoms with Gasteiger partial charge in [0.05, 0.1) is 5.75 Å². The Labute approximate surface area is 132 Å². The van der Waals surface area contributed by atoms with Crippen LogP contribution in [-0.4, -0.2) is 32.4 Å². The number of rotatable bonds is 5. The predicted molar refractivity (Wildman–Crippen MR) is 84.0 cm³/mol. The SMILES string of the molecule is CC(C)(C)OC(=O)NCC1(CCS(=O)(=O)Cl)CCCCC1. The molecule has 0 aromatic heterocycles. The lowest BCUT2D eigenvalue weighted by molar-refractivity contribution is 0.0480. The summed E-state index contributed by atoms with van der Waals surface area (Å²) < 4.78 is 27.6. The molecule has 0 aromatic rings. The van der Waals surface area contributed by atoms with Crippen LogP contribution in [0.5, 0.6) is 0 Å². The van der Waals surface area contributed by atoms with Gasteiger partial charge in [-0.05, 0) is 45.4 Å². The van der Waals surface area contributed by atoms with E-state index in [4.69, 9.17) is 15.4 Å². The molecule has 0 radical (unpaired) electrons. The quantitative estimate of drug-likeness (QED) is 0.779. The van der Waals surface area contributed by atoms with Crippen LogP contribution in [0, 0.1) is 5.41 Å². The molecule has 0 aliphatic heterocycles. The average molecular weight is 340 g/mol. The number of hydrogen-bond acceptors (Lipinski definition) is 4. The van der Waals surface area contributed by atoms with Crippen molar-refractivity contribution in [2.75, 3.05) is 12.3 Å². The standard InChI is InChI=1S/C14H26ClNO4S/c1-13(2,3)20-12(17)16-11-14(7-5-4-6-8-14)9-10-21(15,18)19/h4-11H2,1-3H3,(H,16,17). The van der Waals surface area contributed by atoms with Crippen molar-refractivity contribution in [2.24, 2.45) is 5.41 Å². The summed E-state index contributed by atoms with van der Waals surface area (Å²) in [7, 11) is 1.82. The number of ether oxygens (including phenoxy) is 1. The van der Waals surface area contributed by atoms with Crippen LogP contribution in [0.2, 0.25) is 0 Å². The van der Waals surface area contributed by atoms with Crippen LogP contribution < -0.4 is 5.32 Å². The van der Waals surface area contributed by atoms with Crippen LogP contribution in [-0.2, 0) is 13.8 Å². The molecular weight excluding hydrogens is 314 g/mol. The first-order valence-electron chi connectivity index (χ1n) is 7.41. The van der Waals surface area contributed by atoms with E-state index in [2.05, 4.69) is 5.32 Å². The van der Waals surface area contributed by atoms with Gasteiger partial charge in [-0.2, -0.15) is 0 Å². The lowest BCUT2D eigenvalue weighted by Gasteiger charge is -2.37. The van der Waals surface area contributed by atoms with E-state index in [1.54, 1.807) is 0 Å². The second-order valence-corrected chi connectivity index (χ2v) is 9.81. The second kappa shape index (κ2) is 7.18. The summed E-state index contributed by atoms with van der Waals surface area (Å²) in [6, 6.07) is 0. The highest BCUT2D eigenvalue weighted by Crippen LogP contribution is 2.39. The van der Waals surface area contributed by atoms with Crippen molar-refractivity contribution in [1.82, 2.24) is 5.32 Å². The molecule has 124 valence electrons. The van der Waals surface area contributed by atoms with Crippen LogP contribution in [0.3, 0.4) is 0 Å². The van der Waals surface area contributed by atoms with Crippen molar-refractivity contribution in [3.63, 3.8) is 0 Å². The Kier molecular flexibility index (Phi) is 6.35. The number of alkyl carbamates (subject to hydrolysis) is 1. The Morgan fingerprint density at radius 3 is 2.29 bits per heavy atom. The average Bonchev–Trinajstić information content (AvgIpc) is 2.33. The zero-order valence-electron chi connectivity index (χ0n) is 13.1. The molecule has 0 heterocycles. The number of carbonyl (C=O) groups excluding carboxylic acids is 1. The summed E-state index contributed by atoms with van der Waals surface area (Å²) in [5.74, 6) is -0.0510. The predicted octanol–water partition coefficient (Wildman–Crippen LogP) is 3.42. The van der Waals surface area contributed by atoms with Crippen LogP contribution in [0.15, 0.2) is 0 Å². The molecule has 1 N–H and O–H groups in total. The van der Waals surface area contributed by atoms with Gasteiger partial charge in [0.2, 0.25) is 9.05 Å². The van der Waals surface area contributed by atoms with Crippen LogP contribution in [0.1, 0.15) is 59.3 Å². The van der Waals surface area contributed by atoms with Gasteiger partial charge < -0.3 is 10.1 Å². The number of amides is 1. The molecule has 5 nitrogen and oxygen atoms in total. The smallest absolute Gasteiger partial charge is 0.407 e. The van der Waals surface area contributed by atoms with Crippen molar-refractivity contribution in [2.45, 2.75) is 64.9 Å². The molecule has 1 fully saturated rings. The van der Waals surface area contributed by atoms with Gasteiger partial charge in [0.1, 0.15) is 5.60 Å². The van der Waals surface area contributed by atoms with E-state index in [0.717, 1.165) is 32.1 Å². The largest absolute Gasteiger partial charge is 0.444 e. The zero-order valence-corrected chi connectivity index (χ0v) is 14.6. The van der Waals surface area contributed by atoms with E-state index in [0.29, 0.717) is 13.0 Å². The summed E-state index contributed by atoms with van der Waals surface area (Å²) in [4.78, 5) is 11.8. The van der Waals surface area contributed by atoms with Gasteiger partial charge in [-0.3, -0.25) is 0 Å². The molecule has 1 aliphatic rings. The van der Waals surface area contributed by atoms with Gasteiger partial charge in [0.25, 0.3) is 0 Å². The van der Waals surface area contributed by atoms with Gasteiger partial charge in [-0.15, -0.1) is 0 Å². The fourth-order valence-electron chi connectivity index (χ4n) is 2.73. The highest BCUT2D eigenvalue weighted by Gasteiger charge is 2.34. The third kappa shape index (κ3) is 7.90. The van der Waals surface area contributed by atoms with Crippen molar-refractivity contribution >= 4 is 25.8 Å². The van der Waals surface area contributed by atoms with E-state index >= 15 is 0 Å². The van der Waals surface area contributed by atoms with Crippen molar-refractivity contribution in [3.05, 3.63) is 0 Å². The minimum absolute atomic E-state index is 0.0510. The van der Waals surface area contributed by atoms with E-state index in [9.17, 15) is 13.2 Å². The highest BCUT2D eigenvalue weighted by atomic mass is 35.7. The number of halogens is 1. The zero-order chi connectivity index (χ0) is 16.1. The van der Waals surface area contributed by atoms with E-state index in [1.165, 1.54) is 0 Å². The van der Waals surface area contributed by atoms with E-state index < -0.39 is 20.7 Å². The van der Waals surface area contributed by atoms with Crippen LogP contribution in [0.4, 0.5) is 4.79 Å². The Balaban J connectivity index is 2.59. The Bertz CT molecular complexity index is 450. The topological polar surface area (TPSA) is 72.5 Å². The molecule has 0 atom stereocenters. The highest BCUT2D eigenvalue weighted by molar-refractivity contribution is 8.13. The van der Waals surface area contributed by atoms with Crippen LogP contribution >= 0.6 is 10.7 Å². The number of carbonyl (C=O) groups is 1. The van der Waals surface area contributed by atoms with E-state index in [1.807, 2.05) is 20.8 Å². The minimum atomic E-state index is -3.50. The molecule has 0 unspecified atom stereocenters. The lowest BCUT2D eigenvalue weighted by atomic mass is 9.72. The van der Waals surface area contributed by atoms with E-state index in [-0.39, 0.29) is 11.2 Å². The van der Waals surface area contributed by atoms with Gasteiger partial charge in [-0.25, -0.2) is 13.2 Å². The Morgan fingerprint density at radius 1 is 1.24 bits per heavy atom. The number of nitrogens with one attached hydrogen (secondary N) is 1. The molecule has 0 bridgehead atoms. The molecule has 0 spiro atoms. The first-order chi connectivity index (χ1) is 9.52. The maximum atomic E-state index is 11.8. The van der Waals surface area contributed by atoms with Gasteiger partial charge in [0.15, 0.2) is 0 Å². The normalized spacial score (nSPS) is 19.0. The Morgan fingerprint density at radius 2 is 1.81 bits per heavy atom. The van der Waals surface area contributed by atoms with Gasteiger partial charge >= 0.3 is 6.09 Å². The van der Waals surface area contributed by atoms with Crippen molar-refractivity contribution in [1.29, 1.82) is 0 Å². The minimum Gasteiger partial charge on any atom is -0.444 e. The summed E-state index contributed by atoms with van der Waals surface area (Å²) in [5, 5.41) is 2.79. The van der Waals surface area contributed by atoms with Gasteiger partial charge in [0, 0.05) is 17.2 Å². The van der Waals surface area contributed by atoms with Gasteiger partial charge in [-0.1, -0.05) is 19.3 Å². The summed E-state index contributed by atoms with van der Waals surface area (Å²) in [6.45, 7) is 5.86. The lowest BCUT2D eigenvalue weighted by Crippen LogP contribution is -2.42. The molecule has 0 aromatic carbocycles. The third-order valence-corrected chi connectivity index (χ3v) is 4.95. The molecular formula is C14H26ClNO4S. The molecule has 0 saturated heterocycles. The molecule has 1 rings (SSSR count). The maximum absolute atomic E-state index is 11.8. The second-order valence-electron chi connectivity index (χ2n) is 6.91. The fourth-order valence-corrected chi connectivity index (χ4v) is 3.64. The first-order valence-corrected chi connectivity index (χ1v) is 9.88. The molecule has 7 heteroatoms. The van der Waals surface area contributed by atoms with Crippen molar-refractivity contribution in [3.8, 4) is 0 Å². The van der Waals surface area contributed by atoms with Crippen LogP contribution in [0.25, 0.3) is 0 Å². The first kappa shape index (κ1) is 18.6. The maximum Gasteiger partial charge on any atom is 0.407 e. The Hall–Kier alpha value is -0.490. The fraction of sp³-hybridized carbons (Fsp3) is 0.929. The summed E-state index contributed by atoms with van der Waals surface area (Å²) >= 11 is 0. The van der Waals surface area contributed by atoms with Crippen molar-refractivity contribution < 1.29 is 17.9 Å². The molecule has 1 amide bonds. The number of hydrogen-bond donors (Lipinski definition) is 1. The monoisotopic (exact) mass is 339 g/mol. The summed E-state index contributed by atoms with van der Waals surface area (Å²) in [6.07, 6.45) is 5.11.